The SMILES string of the molecule is Cl.NC(CNC(=O)C1CCNC(=O)C1)c1ccccc1. The number of carbonyl (C=O) groups excluding carboxylic acids is 2. The molecule has 1 aromatic rings. The van der Waals surface area contributed by atoms with Gasteiger partial charge in [0.05, 0.1) is 0 Å². The molecule has 0 aromatic heterocycles. The Kier molecular flexibility index (Phi) is 6.48. The molecule has 110 valence electrons. The van der Waals surface area contributed by atoms with Crippen LogP contribution in [-0.4, -0.2) is 24.9 Å². The molecule has 2 rings (SSSR count). The zero-order valence-electron chi connectivity index (χ0n) is 11.2. The summed E-state index contributed by atoms with van der Waals surface area (Å²) in [5, 5.41) is 5.54. The van der Waals surface area contributed by atoms with Gasteiger partial charge in [0.15, 0.2) is 0 Å². The van der Waals surface area contributed by atoms with E-state index in [4.69, 9.17) is 5.73 Å². The number of halogens is 1. The number of rotatable bonds is 4. The fourth-order valence-corrected chi connectivity index (χ4v) is 2.18. The number of nitrogens with two attached hydrogens (primary N) is 1. The predicted octanol–water partition coefficient (Wildman–Crippen LogP) is 0.751. The lowest BCUT2D eigenvalue weighted by atomic mass is 9.96. The number of hydrogen-bond donors (Lipinski definition) is 3. The van der Waals surface area contributed by atoms with Gasteiger partial charge in [-0.3, -0.25) is 9.59 Å². The minimum absolute atomic E-state index is 0. The normalized spacial score (nSPS) is 19.4. The molecule has 1 aliphatic heterocycles. The fraction of sp³-hybridized carbons (Fsp3) is 0.429. The first kappa shape index (κ1) is 16.5. The Morgan fingerprint density at radius 1 is 1.40 bits per heavy atom. The van der Waals surface area contributed by atoms with E-state index in [2.05, 4.69) is 10.6 Å². The van der Waals surface area contributed by atoms with Crippen molar-refractivity contribution >= 4 is 24.2 Å². The van der Waals surface area contributed by atoms with E-state index in [-0.39, 0.29) is 42.6 Å². The van der Waals surface area contributed by atoms with Gasteiger partial charge in [0.25, 0.3) is 0 Å². The number of amides is 2. The molecule has 0 aliphatic carbocycles. The summed E-state index contributed by atoms with van der Waals surface area (Å²) in [6.45, 7) is 0.961. The fourth-order valence-electron chi connectivity index (χ4n) is 2.18. The second kappa shape index (κ2) is 7.87. The highest BCUT2D eigenvalue weighted by Gasteiger charge is 2.25. The summed E-state index contributed by atoms with van der Waals surface area (Å²) in [5.74, 6) is -0.364. The van der Waals surface area contributed by atoms with Gasteiger partial charge in [0, 0.05) is 31.5 Å². The van der Waals surface area contributed by atoms with Gasteiger partial charge >= 0.3 is 0 Å². The molecule has 1 aromatic carbocycles. The quantitative estimate of drug-likeness (QED) is 0.767. The maximum atomic E-state index is 11.9. The average molecular weight is 298 g/mol. The van der Waals surface area contributed by atoms with E-state index >= 15 is 0 Å². The number of hydrogen-bond acceptors (Lipinski definition) is 3. The van der Waals surface area contributed by atoms with E-state index < -0.39 is 0 Å². The maximum absolute atomic E-state index is 11.9. The van der Waals surface area contributed by atoms with E-state index in [1.807, 2.05) is 30.3 Å². The summed E-state index contributed by atoms with van der Waals surface area (Å²) < 4.78 is 0. The third-order valence-electron chi connectivity index (χ3n) is 3.34. The second-order valence-electron chi connectivity index (χ2n) is 4.80. The molecular formula is C14H20ClN3O2. The first-order chi connectivity index (χ1) is 9.16. The van der Waals surface area contributed by atoms with Crippen LogP contribution >= 0.6 is 12.4 Å². The summed E-state index contributed by atoms with van der Waals surface area (Å²) in [6.07, 6.45) is 0.963. The van der Waals surface area contributed by atoms with Gasteiger partial charge in [-0.25, -0.2) is 0 Å². The lowest BCUT2D eigenvalue weighted by molar-refractivity contribution is -0.132. The monoisotopic (exact) mass is 297 g/mol. The second-order valence-corrected chi connectivity index (χ2v) is 4.80. The summed E-state index contributed by atoms with van der Waals surface area (Å²) in [6, 6.07) is 9.42. The molecule has 0 spiro atoms. The molecule has 2 unspecified atom stereocenters. The van der Waals surface area contributed by atoms with Gasteiger partial charge < -0.3 is 16.4 Å². The van der Waals surface area contributed by atoms with Crippen LogP contribution < -0.4 is 16.4 Å². The molecule has 1 fully saturated rings. The third kappa shape index (κ3) is 4.51. The van der Waals surface area contributed by atoms with Crippen molar-refractivity contribution in [3.8, 4) is 0 Å². The van der Waals surface area contributed by atoms with Crippen molar-refractivity contribution in [2.75, 3.05) is 13.1 Å². The predicted molar refractivity (Wildman–Crippen MR) is 79.4 cm³/mol. The zero-order chi connectivity index (χ0) is 13.7. The van der Waals surface area contributed by atoms with Crippen LogP contribution in [0.15, 0.2) is 30.3 Å². The van der Waals surface area contributed by atoms with Crippen LogP contribution in [0.2, 0.25) is 0 Å². The smallest absolute Gasteiger partial charge is 0.223 e. The first-order valence-electron chi connectivity index (χ1n) is 6.52. The maximum Gasteiger partial charge on any atom is 0.223 e. The Labute approximate surface area is 124 Å². The summed E-state index contributed by atoms with van der Waals surface area (Å²) in [4.78, 5) is 23.2. The molecule has 0 radical (unpaired) electrons. The van der Waals surface area contributed by atoms with E-state index in [9.17, 15) is 9.59 Å². The van der Waals surface area contributed by atoms with Crippen LogP contribution in [0.5, 0.6) is 0 Å². The van der Waals surface area contributed by atoms with Crippen molar-refractivity contribution in [3.05, 3.63) is 35.9 Å². The van der Waals surface area contributed by atoms with Crippen molar-refractivity contribution in [2.45, 2.75) is 18.9 Å². The van der Waals surface area contributed by atoms with Crippen molar-refractivity contribution in [2.24, 2.45) is 11.7 Å². The number of carbonyl (C=O) groups is 2. The van der Waals surface area contributed by atoms with Crippen LogP contribution in [0.3, 0.4) is 0 Å². The highest BCUT2D eigenvalue weighted by atomic mass is 35.5. The molecule has 1 heterocycles. The Morgan fingerprint density at radius 2 is 2.10 bits per heavy atom. The van der Waals surface area contributed by atoms with Crippen molar-refractivity contribution in [3.63, 3.8) is 0 Å². The Hall–Kier alpha value is -1.59. The van der Waals surface area contributed by atoms with Gasteiger partial charge in [-0.15, -0.1) is 12.4 Å². The summed E-state index contributed by atoms with van der Waals surface area (Å²) in [5.41, 5.74) is 7.00. The van der Waals surface area contributed by atoms with E-state index in [0.717, 1.165) is 5.56 Å². The van der Waals surface area contributed by atoms with Crippen molar-refractivity contribution in [1.29, 1.82) is 0 Å². The van der Waals surface area contributed by atoms with Crippen LogP contribution in [0.25, 0.3) is 0 Å². The number of piperidine rings is 1. The molecular weight excluding hydrogens is 278 g/mol. The molecule has 4 N–H and O–H groups in total. The highest BCUT2D eigenvalue weighted by Crippen LogP contribution is 2.13. The molecule has 20 heavy (non-hydrogen) atoms. The highest BCUT2D eigenvalue weighted by molar-refractivity contribution is 5.86. The van der Waals surface area contributed by atoms with E-state index in [0.29, 0.717) is 19.5 Å². The molecule has 2 atom stereocenters. The van der Waals surface area contributed by atoms with E-state index in [1.54, 1.807) is 0 Å². The van der Waals surface area contributed by atoms with Crippen LogP contribution in [-0.2, 0) is 9.59 Å². The van der Waals surface area contributed by atoms with Gasteiger partial charge in [-0.2, -0.15) is 0 Å². The molecule has 0 bridgehead atoms. The average Bonchev–Trinajstić information content (AvgIpc) is 2.45. The Morgan fingerprint density at radius 3 is 2.75 bits per heavy atom. The largest absolute Gasteiger partial charge is 0.356 e. The minimum atomic E-state index is -0.225. The molecule has 2 amide bonds. The minimum Gasteiger partial charge on any atom is -0.356 e. The molecule has 0 saturated carbocycles. The van der Waals surface area contributed by atoms with Crippen LogP contribution in [0.4, 0.5) is 0 Å². The Balaban J connectivity index is 0.00000200. The lowest BCUT2D eigenvalue weighted by Crippen LogP contribution is -2.42. The standard InChI is InChI=1S/C14H19N3O2.ClH/c15-12(10-4-2-1-3-5-10)9-17-14(19)11-6-7-16-13(18)8-11;/h1-5,11-12H,6-9,15H2,(H,16,18)(H,17,19);1H. The molecule has 1 saturated heterocycles. The third-order valence-corrected chi connectivity index (χ3v) is 3.34. The van der Waals surface area contributed by atoms with Crippen molar-refractivity contribution < 1.29 is 9.59 Å². The summed E-state index contributed by atoms with van der Waals surface area (Å²) in [7, 11) is 0. The van der Waals surface area contributed by atoms with Crippen LogP contribution in [0, 0.1) is 5.92 Å². The first-order valence-corrected chi connectivity index (χ1v) is 6.52. The summed E-state index contributed by atoms with van der Waals surface area (Å²) >= 11 is 0. The molecule has 1 aliphatic rings. The van der Waals surface area contributed by atoms with Gasteiger partial charge in [-0.1, -0.05) is 30.3 Å². The van der Waals surface area contributed by atoms with Crippen molar-refractivity contribution in [1.82, 2.24) is 10.6 Å². The topological polar surface area (TPSA) is 84.2 Å². The number of nitrogens with one attached hydrogen (secondary N) is 2. The molecule has 6 heteroatoms. The number of benzene rings is 1. The lowest BCUT2D eigenvalue weighted by Gasteiger charge is -2.22. The van der Waals surface area contributed by atoms with Crippen LogP contribution in [0.1, 0.15) is 24.4 Å². The zero-order valence-corrected chi connectivity index (χ0v) is 12.0. The van der Waals surface area contributed by atoms with Gasteiger partial charge in [-0.05, 0) is 12.0 Å². The molecule has 5 nitrogen and oxygen atoms in total. The van der Waals surface area contributed by atoms with Gasteiger partial charge in [0.1, 0.15) is 0 Å². The van der Waals surface area contributed by atoms with E-state index in [1.165, 1.54) is 0 Å². The Bertz CT molecular complexity index is 453. The van der Waals surface area contributed by atoms with Gasteiger partial charge in [0.2, 0.25) is 11.8 Å².